The van der Waals surface area contributed by atoms with Crippen molar-refractivity contribution in [2.45, 2.75) is 39.2 Å². The average Bonchev–Trinajstić information content (AvgIpc) is 2.13. The number of hydrogen-bond acceptors (Lipinski definition) is 5. The zero-order valence-corrected chi connectivity index (χ0v) is 11.5. The monoisotopic (exact) mass is 278 g/mol. The summed E-state index contributed by atoms with van der Waals surface area (Å²) in [5, 5.41) is 0. The van der Waals surface area contributed by atoms with Crippen molar-refractivity contribution in [2.75, 3.05) is 13.1 Å². The van der Waals surface area contributed by atoms with Gasteiger partial charge in [0.2, 0.25) is 0 Å². The summed E-state index contributed by atoms with van der Waals surface area (Å²) in [6.45, 7) is 5.10. The maximum absolute atomic E-state index is 11.8. The smallest absolute Gasteiger partial charge is 0.422 e. The van der Waals surface area contributed by atoms with Gasteiger partial charge in [-0.15, -0.1) is 0 Å². The van der Waals surface area contributed by atoms with Gasteiger partial charge in [0.1, 0.15) is 11.4 Å². The van der Waals surface area contributed by atoms with Gasteiger partial charge in [-0.1, -0.05) is 0 Å². The van der Waals surface area contributed by atoms with E-state index in [9.17, 15) is 18.0 Å². The van der Waals surface area contributed by atoms with E-state index in [4.69, 9.17) is 4.74 Å². The molecule has 0 saturated carbocycles. The molecule has 0 aromatic rings. The fourth-order valence-electron chi connectivity index (χ4n) is 1.44. The van der Waals surface area contributed by atoms with Crippen LogP contribution in [0.2, 0.25) is 0 Å². The van der Waals surface area contributed by atoms with Crippen molar-refractivity contribution < 1.29 is 22.7 Å². The molecular formula is C10H18N2O5S. The molecule has 0 unspecified atom stereocenters. The molecule has 8 heteroatoms. The standard InChI is InChI=1S/C10H18N2O5S/c1-10(2,3)17-9(14)11-18(15,16)12-6-4-8(13)5-7-12/h4-7H2,1-3H3,(H,11,14). The molecule has 1 fully saturated rings. The third kappa shape index (κ3) is 4.61. The van der Waals surface area contributed by atoms with Crippen LogP contribution in [-0.2, 0) is 19.7 Å². The molecule has 0 bridgehead atoms. The van der Waals surface area contributed by atoms with Crippen LogP contribution in [0.25, 0.3) is 0 Å². The van der Waals surface area contributed by atoms with Gasteiger partial charge < -0.3 is 4.74 Å². The zero-order chi connectivity index (χ0) is 14.0. The summed E-state index contributed by atoms with van der Waals surface area (Å²) in [4.78, 5) is 22.4. The highest BCUT2D eigenvalue weighted by Gasteiger charge is 2.29. The van der Waals surface area contributed by atoms with Crippen molar-refractivity contribution in [2.24, 2.45) is 0 Å². The number of rotatable bonds is 2. The molecule has 0 aliphatic carbocycles. The van der Waals surface area contributed by atoms with Gasteiger partial charge in [-0.25, -0.2) is 9.52 Å². The Morgan fingerprint density at radius 3 is 2.22 bits per heavy atom. The third-order valence-corrected chi connectivity index (χ3v) is 3.70. The van der Waals surface area contributed by atoms with E-state index in [1.165, 1.54) is 0 Å². The number of carbonyl (C=O) groups excluding carboxylic acids is 2. The Kier molecular flexibility index (Phi) is 4.33. The number of Topliss-reactive ketones (excluding diaryl/α,β-unsaturated/α-hetero) is 1. The van der Waals surface area contributed by atoms with E-state index in [1.54, 1.807) is 20.8 Å². The highest BCUT2D eigenvalue weighted by atomic mass is 32.2. The van der Waals surface area contributed by atoms with Gasteiger partial charge >= 0.3 is 16.3 Å². The van der Waals surface area contributed by atoms with Crippen molar-refractivity contribution in [1.82, 2.24) is 9.03 Å². The van der Waals surface area contributed by atoms with Gasteiger partial charge in [-0.3, -0.25) is 4.79 Å². The van der Waals surface area contributed by atoms with Crippen molar-refractivity contribution in [3.05, 3.63) is 0 Å². The maximum Gasteiger partial charge on any atom is 0.422 e. The molecule has 1 aliphatic heterocycles. The molecule has 1 heterocycles. The normalized spacial score (nSPS) is 18.5. The van der Waals surface area contributed by atoms with E-state index >= 15 is 0 Å². The SMILES string of the molecule is CC(C)(C)OC(=O)NS(=O)(=O)N1CCC(=O)CC1. The molecule has 0 aromatic heterocycles. The largest absolute Gasteiger partial charge is 0.443 e. The van der Waals surface area contributed by atoms with E-state index in [2.05, 4.69) is 0 Å². The second-order valence-corrected chi connectivity index (χ2v) is 6.72. The number of ether oxygens (including phenoxy) is 1. The fourth-order valence-corrected chi connectivity index (χ4v) is 2.49. The Morgan fingerprint density at radius 1 is 1.28 bits per heavy atom. The molecule has 1 saturated heterocycles. The molecule has 1 aliphatic rings. The Balaban J connectivity index is 2.59. The number of amides is 1. The van der Waals surface area contributed by atoms with Gasteiger partial charge in [-0.2, -0.15) is 12.7 Å². The van der Waals surface area contributed by atoms with Crippen LogP contribution >= 0.6 is 0 Å². The first-order chi connectivity index (χ1) is 8.10. The molecule has 0 spiro atoms. The summed E-state index contributed by atoms with van der Waals surface area (Å²) < 4.78 is 31.3. The summed E-state index contributed by atoms with van der Waals surface area (Å²) in [5.41, 5.74) is -0.766. The maximum atomic E-state index is 11.8. The lowest BCUT2D eigenvalue weighted by atomic mass is 10.1. The molecule has 1 amide bonds. The Hall–Kier alpha value is -1.15. The molecule has 0 atom stereocenters. The fraction of sp³-hybridized carbons (Fsp3) is 0.800. The molecule has 104 valence electrons. The van der Waals surface area contributed by atoms with Gasteiger partial charge in [0.15, 0.2) is 0 Å². The highest BCUT2D eigenvalue weighted by molar-refractivity contribution is 7.87. The topological polar surface area (TPSA) is 92.8 Å². The minimum Gasteiger partial charge on any atom is -0.443 e. The Bertz CT molecular complexity index is 428. The number of nitrogens with zero attached hydrogens (tertiary/aromatic N) is 1. The van der Waals surface area contributed by atoms with Gasteiger partial charge in [-0.05, 0) is 20.8 Å². The molecule has 0 radical (unpaired) electrons. The summed E-state index contributed by atoms with van der Waals surface area (Å²) in [7, 11) is -3.92. The second-order valence-electron chi connectivity index (χ2n) is 5.05. The summed E-state index contributed by atoms with van der Waals surface area (Å²) >= 11 is 0. The van der Waals surface area contributed by atoms with Crippen LogP contribution in [0.5, 0.6) is 0 Å². The first-order valence-electron chi connectivity index (χ1n) is 5.63. The van der Waals surface area contributed by atoms with Crippen molar-refractivity contribution in [1.29, 1.82) is 0 Å². The molecule has 7 nitrogen and oxygen atoms in total. The number of carbonyl (C=O) groups is 2. The van der Waals surface area contributed by atoms with Crippen LogP contribution in [0, 0.1) is 0 Å². The van der Waals surface area contributed by atoms with E-state index in [-0.39, 0.29) is 31.7 Å². The van der Waals surface area contributed by atoms with Crippen LogP contribution in [-0.4, -0.2) is 43.3 Å². The minimum atomic E-state index is -3.92. The molecule has 1 N–H and O–H groups in total. The first-order valence-corrected chi connectivity index (χ1v) is 7.07. The van der Waals surface area contributed by atoms with Gasteiger partial charge in [0.05, 0.1) is 0 Å². The van der Waals surface area contributed by atoms with Crippen LogP contribution < -0.4 is 4.72 Å². The Labute approximate surface area is 107 Å². The van der Waals surface area contributed by atoms with Gasteiger partial charge in [0.25, 0.3) is 0 Å². The van der Waals surface area contributed by atoms with E-state index in [0.717, 1.165) is 4.31 Å². The number of nitrogens with one attached hydrogen (secondary N) is 1. The molecular weight excluding hydrogens is 260 g/mol. The first kappa shape index (κ1) is 14.9. The molecule has 1 rings (SSSR count). The van der Waals surface area contributed by atoms with Crippen LogP contribution in [0.15, 0.2) is 0 Å². The molecule has 0 aromatic carbocycles. The van der Waals surface area contributed by atoms with Crippen molar-refractivity contribution in [3.8, 4) is 0 Å². The van der Waals surface area contributed by atoms with Crippen molar-refractivity contribution in [3.63, 3.8) is 0 Å². The summed E-state index contributed by atoms with van der Waals surface area (Å²) in [5.74, 6) is 0.0266. The highest BCUT2D eigenvalue weighted by Crippen LogP contribution is 2.11. The third-order valence-electron chi connectivity index (χ3n) is 2.23. The Morgan fingerprint density at radius 2 is 1.78 bits per heavy atom. The van der Waals surface area contributed by atoms with Crippen molar-refractivity contribution >= 4 is 22.1 Å². The zero-order valence-electron chi connectivity index (χ0n) is 10.7. The average molecular weight is 278 g/mol. The predicted octanol–water partition coefficient (Wildman–Crippen LogP) is 0.421. The summed E-state index contributed by atoms with van der Waals surface area (Å²) in [6.07, 6.45) is -0.663. The quantitative estimate of drug-likeness (QED) is 0.790. The number of ketones is 1. The molecule has 18 heavy (non-hydrogen) atoms. The lowest BCUT2D eigenvalue weighted by molar-refractivity contribution is -0.120. The van der Waals surface area contributed by atoms with Gasteiger partial charge in [0, 0.05) is 25.9 Å². The predicted molar refractivity (Wildman–Crippen MR) is 64.1 cm³/mol. The number of piperidine rings is 1. The lowest BCUT2D eigenvalue weighted by Gasteiger charge is -2.26. The van der Waals surface area contributed by atoms with Crippen LogP contribution in [0.4, 0.5) is 4.79 Å². The van der Waals surface area contributed by atoms with E-state index in [1.807, 2.05) is 4.72 Å². The lowest BCUT2D eigenvalue weighted by Crippen LogP contribution is -2.48. The summed E-state index contributed by atoms with van der Waals surface area (Å²) in [6, 6.07) is 0. The van der Waals surface area contributed by atoms with Crippen LogP contribution in [0.1, 0.15) is 33.6 Å². The van der Waals surface area contributed by atoms with E-state index in [0.29, 0.717) is 0 Å². The number of hydrogen-bond donors (Lipinski definition) is 1. The second kappa shape index (κ2) is 5.23. The minimum absolute atomic E-state index is 0.0266. The van der Waals surface area contributed by atoms with Crippen LogP contribution in [0.3, 0.4) is 0 Å². The van der Waals surface area contributed by atoms with E-state index < -0.39 is 21.9 Å².